The van der Waals surface area contributed by atoms with Gasteiger partial charge in [0.1, 0.15) is 19.0 Å². The van der Waals surface area contributed by atoms with Crippen LogP contribution in [-0.4, -0.2) is 19.5 Å². The van der Waals surface area contributed by atoms with Gasteiger partial charge in [0, 0.05) is 0 Å². The van der Waals surface area contributed by atoms with E-state index < -0.39 is 12.8 Å². The monoisotopic (exact) mass is 171 g/mol. The molecule has 0 aliphatic carbocycles. The Morgan fingerprint density at radius 3 is 3.00 bits per heavy atom. The van der Waals surface area contributed by atoms with Crippen molar-refractivity contribution in [1.82, 2.24) is 0 Å². The molecule has 1 unspecified atom stereocenters. The Kier molecular flexibility index (Phi) is 3.51. The molecular formula is C9H9F2O. The molecule has 0 saturated carbocycles. The van der Waals surface area contributed by atoms with Gasteiger partial charge in [0.15, 0.2) is 6.17 Å². The van der Waals surface area contributed by atoms with Crippen LogP contribution in [0.5, 0.6) is 5.75 Å². The second-order valence-electron chi connectivity index (χ2n) is 2.30. The summed E-state index contributed by atoms with van der Waals surface area (Å²) in [7, 11) is 0. The summed E-state index contributed by atoms with van der Waals surface area (Å²) in [4.78, 5) is 0. The Morgan fingerprint density at radius 1 is 1.58 bits per heavy atom. The molecule has 0 aromatic heterocycles. The van der Waals surface area contributed by atoms with Crippen LogP contribution >= 0.6 is 0 Å². The minimum Gasteiger partial charge on any atom is -0.490 e. The van der Waals surface area contributed by atoms with Crippen molar-refractivity contribution in [3.8, 4) is 5.75 Å². The number of halogens is 2. The lowest BCUT2D eigenvalue weighted by atomic mass is 10.3. The van der Waals surface area contributed by atoms with Crippen LogP contribution in [0, 0.1) is 6.07 Å². The second kappa shape index (κ2) is 4.70. The van der Waals surface area contributed by atoms with Gasteiger partial charge in [0.25, 0.3) is 0 Å². The molecule has 1 atom stereocenters. The number of hydrogen-bond acceptors (Lipinski definition) is 1. The molecule has 1 nitrogen and oxygen atoms in total. The van der Waals surface area contributed by atoms with Crippen molar-refractivity contribution in [2.24, 2.45) is 0 Å². The van der Waals surface area contributed by atoms with Crippen LogP contribution in [0.4, 0.5) is 8.78 Å². The van der Waals surface area contributed by atoms with Crippen molar-refractivity contribution in [3.63, 3.8) is 0 Å². The summed E-state index contributed by atoms with van der Waals surface area (Å²) in [5, 5.41) is 0. The summed E-state index contributed by atoms with van der Waals surface area (Å²) in [6.45, 7) is -1.25. The average Bonchev–Trinajstić information content (AvgIpc) is 2.16. The zero-order valence-electron chi connectivity index (χ0n) is 6.47. The van der Waals surface area contributed by atoms with Gasteiger partial charge in [-0.1, -0.05) is 12.1 Å². The van der Waals surface area contributed by atoms with Gasteiger partial charge < -0.3 is 4.74 Å². The maximum atomic E-state index is 12.3. The number of ether oxygens (including phenoxy) is 1. The molecule has 3 heteroatoms. The second-order valence-corrected chi connectivity index (χ2v) is 2.30. The zero-order chi connectivity index (χ0) is 8.81. The highest BCUT2D eigenvalue weighted by atomic mass is 19.2. The molecule has 1 aromatic rings. The number of alkyl halides is 2. The normalized spacial score (nSPS) is 12.5. The molecule has 0 N–H and O–H groups in total. The molecule has 0 aliphatic heterocycles. The predicted octanol–water partition coefficient (Wildman–Crippen LogP) is 2.17. The minimum atomic E-state index is -1.54. The standard InChI is InChI=1S/C9H9F2O/c10-6-8(11)7-12-9-4-2-1-3-5-9/h1-2,4-5,8H,6-7H2. The Hall–Kier alpha value is -1.12. The molecule has 1 aromatic carbocycles. The summed E-state index contributed by atoms with van der Waals surface area (Å²) in [5.41, 5.74) is 0. The Balaban J connectivity index is 2.33. The maximum absolute atomic E-state index is 12.3. The van der Waals surface area contributed by atoms with E-state index in [9.17, 15) is 8.78 Å². The molecule has 1 radical (unpaired) electrons. The van der Waals surface area contributed by atoms with Crippen LogP contribution in [0.25, 0.3) is 0 Å². The van der Waals surface area contributed by atoms with Crippen LogP contribution in [0.3, 0.4) is 0 Å². The summed E-state index contributed by atoms with van der Waals surface area (Å²) in [6, 6.07) is 9.43. The SMILES string of the molecule is FCC(F)COc1c[c]ccc1. The van der Waals surface area contributed by atoms with Crippen molar-refractivity contribution in [3.05, 3.63) is 30.3 Å². The fourth-order valence-corrected chi connectivity index (χ4v) is 0.698. The fourth-order valence-electron chi connectivity index (χ4n) is 0.698. The summed E-state index contributed by atoms with van der Waals surface area (Å²) in [6.07, 6.45) is -1.54. The van der Waals surface area contributed by atoms with Gasteiger partial charge in [-0.2, -0.15) is 0 Å². The zero-order valence-corrected chi connectivity index (χ0v) is 6.47. The van der Waals surface area contributed by atoms with E-state index in [1.54, 1.807) is 24.3 Å². The third-order valence-corrected chi connectivity index (χ3v) is 1.28. The van der Waals surface area contributed by atoms with Gasteiger partial charge in [-0.15, -0.1) is 0 Å². The van der Waals surface area contributed by atoms with Crippen LogP contribution < -0.4 is 4.74 Å². The predicted molar refractivity (Wildman–Crippen MR) is 41.6 cm³/mol. The Morgan fingerprint density at radius 2 is 2.42 bits per heavy atom. The first kappa shape index (κ1) is 8.97. The van der Waals surface area contributed by atoms with Crippen molar-refractivity contribution >= 4 is 0 Å². The molecule has 0 fully saturated rings. The molecule has 0 saturated heterocycles. The fraction of sp³-hybridized carbons (Fsp3) is 0.333. The van der Waals surface area contributed by atoms with Crippen LogP contribution in [0.15, 0.2) is 24.3 Å². The van der Waals surface area contributed by atoms with Crippen molar-refractivity contribution in [2.45, 2.75) is 6.17 Å². The Labute approximate surface area is 70.0 Å². The summed E-state index contributed by atoms with van der Waals surface area (Å²) >= 11 is 0. The molecule has 1 rings (SSSR count). The van der Waals surface area contributed by atoms with Gasteiger partial charge in [0.2, 0.25) is 0 Å². The summed E-state index contributed by atoms with van der Waals surface area (Å²) in [5.74, 6) is 0.508. The molecule has 0 bridgehead atoms. The minimum absolute atomic E-state index is 0.242. The summed E-state index contributed by atoms with van der Waals surface area (Å²) < 4.78 is 28.8. The first-order valence-corrected chi connectivity index (χ1v) is 3.62. The van der Waals surface area contributed by atoms with Gasteiger partial charge >= 0.3 is 0 Å². The quantitative estimate of drug-likeness (QED) is 0.674. The number of rotatable bonds is 4. The molecule has 65 valence electrons. The van der Waals surface area contributed by atoms with Gasteiger partial charge in [0.05, 0.1) is 0 Å². The van der Waals surface area contributed by atoms with Crippen LogP contribution in [-0.2, 0) is 0 Å². The lowest BCUT2D eigenvalue weighted by molar-refractivity contribution is 0.166. The lowest BCUT2D eigenvalue weighted by Gasteiger charge is -2.06. The number of benzene rings is 1. The Bertz CT molecular complexity index is 213. The highest BCUT2D eigenvalue weighted by Crippen LogP contribution is 2.08. The highest BCUT2D eigenvalue weighted by molar-refractivity contribution is 5.19. The van der Waals surface area contributed by atoms with Gasteiger partial charge in [-0.25, -0.2) is 8.78 Å². The number of hydrogen-bond donors (Lipinski definition) is 0. The van der Waals surface area contributed by atoms with Crippen molar-refractivity contribution in [2.75, 3.05) is 13.3 Å². The van der Waals surface area contributed by atoms with E-state index in [1.807, 2.05) is 0 Å². The molecular weight excluding hydrogens is 162 g/mol. The average molecular weight is 171 g/mol. The van der Waals surface area contributed by atoms with E-state index in [0.29, 0.717) is 5.75 Å². The molecule has 12 heavy (non-hydrogen) atoms. The van der Waals surface area contributed by atoms with E-state index in [2.05, 4.69) is 6.07 Å². The largest absolute Gasteiger partial charge is 0.490 e. The van der Waals surface area contributed by atoms with E-state index in [0.717, 1.165) is 0 Å². The highest BCUT2D eigenvalue weighted by Gasteiger charge is 2.05. The molecule has 0 heterocycles. The first-order valence-electron chi connectivity index (χ1n) is 3.62. The van der Waals surface area contributed by atoms with Crippen molar-refractivity contribution < 1.29 is 13.5 Å². The maximum Gasteiger partial charge on any atom is 0.162 e. The first-order chi connectivity index (χ1) is 5.83. The van der Waals surface area contributed by atoms with E-state index in [1.165, 1.54) is 0 Å². The van der Waals surface area contributed by atoms with Crippen LogP contribution in [0.1, 0.15) is 0 Å². The topological polar surface area (TPSA) is 9.23 Å². The molecule has 0 amide bonds. The van der Waals surface area contributed by atoms with Gasteiger partial charge in [-0.05, 0) is 18.2 Å². The van der Waals surface area contributed by atoms with E-state index in [4.69, 9.17) is 4.74 Å². The smallest absolute Gasteiger partial charge is 0.162 e. The van der Waals surface area contributed by atoms with E-state index in [-0.39, 0.29) is 6.61 Å². The third-order valence-electron chi connectivity index (χ3n) is 1.28. The lowest BCUT2D eigenvalue weighted by Crippen LogP contribution is -2.14. The van der Waals surface area contributed by atoms with Crippen molar-refractivity contribution in [1.29, 1.82) is 0 Å². The molecule has 0 spiro atoms. The van der Waals surface area contributed by atoms with Gasteiger partial charge in [-0.3, -0.25) is 0 Å². The third kappa shape index (κ3) is 2.86. The van der Waals surface area contributed by atoms with E-state index >= 15 is 0 Å². The molecule has 0 aliphatic rings. The van der Waals surface area contributed by atoms with Crippen LogP contribution in [0.2, 0.25) is 0 Å².